The zero-order valence-corrected chi connectivity index (χ0v) is 12.2. The van der Waals surface area contributed by atoms with E-state index in [2.05, 4.69) is 9.97 Å². The van der Waals surface area contributed by atoms with Crippen molar-refractivity contribution in [2.24, 2.45) is 0 Å². The summed E-state index contributed by atoms with van der Waals surface area (Å²) < 4.78 is 0. The van der Waals surface area contributed by atoms with Crippen LogP contribution in [0.1, 0.15) is 25.3 Å². The molecule has 5 heteroatoms. The Hall–Kier alpha value is -0.830. The molecule has 0 unspecified atom stereocenters. The van der Waals surface area contributed by atoms with Gasteiger partial charge in [-0.25, -0.2) is 9.97 Å². The Kier molecular flexibility index (Phi) is 4.10. The van der Waals surface area contributed by atoms with Crippen LogP contribution >= 0.6 is 34.8 Å². The molecule has 0 saturated carbocycles. The van der Waals surface area contributed by atoms with Crippen molar-refractivity contribution in [3.05, 3.63) is 45.3 Å². The normalized spacial score (nSPS) is 11.0. The molecule has 0 aliphatic rings. The summed E-state index contributed by atoms with van der Waals surface area (Å²) in [6.45, 7) is 4.07. The highest BCUT2D eigenvalue weighted by Crippen LogP contribution is 2.36. The van der Waals surface area contributed by atoms with Crippen LogP contribution in [0, 0.1) is 0 Å². The lowest BCUT2D eigenvalue weighted by atomic mass is 9.98. The van der Waals surface area contributed by atoms with Gasteiger partial charge in [0, 0.05) is 16.1 Å². The van der Waals surface area contributed by atoms with Crippen molar-refractivity contribution < 1.29 is 0 Å². The zero-order chi connectivity index (χ0) is 13.3. The highest BCUT2D eigenvalue weighted by atomic mass is 35.5. The van der Waals surface area contributed by atoms with Gasteiger partial charge < -0.3 is 0 Å². The Morgan fingerprint density at radius 1 is 1.06 bits per heavy atom. The molecule has 94 valence electrons. The first-order chi connectivity index (χ1) is 8.50. The standard InChI is InChI=1S/C13H11Cl3N2/c1-7(2)11-12(17-6-18-13(11)16)9-5-8(14)3-4-10(9)15/h3-7H,1-2H3. The van der Waals surface area contributed by atoms with Crippen molar-refractivity contribution in [3.63, 3.8) is 0 Å². The van der Waals surface area contributed by atoms with Crippen LogP contribution in [0.25, 0.3) is 11.3 Å². The van der Waals surface area contributed by atoms with E-state index in [-0.39, 0.29) is 5.92 Å². The Morgan fingerprint density at radius 2 is 1.78 bits per heavy atom. The molecule has 0 spiro atoms. The number of hydrogen-bond donors (Lipinski definition) is 0. The maximum Gasteiger partial charge on any atom is 0.136 e. The molecular formula is C13H11Cl3N2. The van der Waals surface area contributed by atoms with E-state index in [4.69, 9.17) is 34.8 Å². The van der Waals surface area contributed by atoms with Crippen molar-refractivity contribution in [1.29, 1.82) is 0 Å². The van der Waals surface area contributed by atoms with Crippen LogP contribution in [0.15, 0.2) is 24.5 Å². The predicted octanol–water partition coefficient (Wildman–Crippen LogP) is 5.23. The second-order valence-electron chi connectivity index (χ2n) is 4.21. The molecular weight excluding hydrogens is 291 g/mol. The van der Waals surface area contributed by atoms with E-state index in [1.165, 1.54) is 6.33 Å². The number of halogens is 3. The van der Waals surface area contributed by atoms with Crippen molar-refractivity contribution in [1.82, 2.24) is 9.97 Å². The first kappa shape index (κ1) is 13.6. The summed E-state index contributed by atoms with van der Waals surface area (Å²) in [7, 11) is 0. The third-order valence-corrected chi connectivity index (χ3v) is 3.46. The zero-order valence-electron chi connectivity index (χ0n) is 9.92. The smallest absolute Gasteiger partial charge is 0.136 e. The maximum absolute atomic E-state index is 6.20. The minimum atomic E-state index is 0.198. The van der Waals surface area contributed by atoms with Gasteiger partial charge in [0.25, 0.3) is 0 Å². The van der Waals surface area contributed by atoms with Crippen LogP contribution < -0.4 is 0 Å². The topological polar surface area (TPSA) is 25.8 Å². The molecule has 2 nitrogen and oxygen atoms in total. The van der Waals surface area contributed by atoms with Crippen LogP contribution in [-0.4, -0.2) is 9.97 Å². The second kappa shape index (κ2) is 5.43. The Labute approximate surface area is 121 Å². The van der Waals surface area contributed by atoms with E-state index in [9.17, 15) is 0 Å². The second-order valence-corrected chi connectivity index (χ2v) is 5.41. The van der Waals surface area contributed by atoms with Gasteiger partial charge in [0.05, 0.1) is 10.7 Å². The maximum atomic E-state index is 6.20. The van der Waals surface area contributed by atoms with E-state index in [1.807, 2.05) is 13.8 Å². The highest BCUT2D eigenvalue weighted by molar-refractivity contribution is 6.35. The fourth-order valence-electron chi connectivity index (χ4n) is 1.78. The fourth-order valence-corrected chi connectivity index (χ4v) is 2.51. The number of rotatable bonds is 2. The first-order valence-corrected chi connectivity index (χ1v) is 6.60. The summed E-state index contributed by atoms with van der Waals surface area (Å²) in [5.74, 6) is 0.198. The monoisotopic (exact) mass is 300 g/mol. The summed E-state index contributed by atoms with van der Waals surface area (Å²) in [6.07, 6.45) is 1.43. The van der Waals surface area contributed by atoms with Crippen molar-refractivity contribution in [2.45, 2.75) is 19.8 Å². The molecule has 1 aromatic heterocycles. The van der Waals surface area contributed by atoms with E-state index in [0.717, 1.165) is 16.8 Å². The largest absolute Gasteiger partial charge is 0.236 e. The summed E-state index contributed by atoms with van der Waals surface area (Å²) in [5.41, 5.74) is 2.39. The molecule has 0 atom stereocenters. The third-order valence-electron chi connectivity index (χ3n) is 2.60. The number of nitrogens with zero attached hydrogens (tertiary/aromatic N) is 2. The molecule has 0 fully saturated rings. The molecule has 2 rings (SSSR count). The summed E-state index contributed by atoms with van der Waals surface area (Å²) in [6, 6.07) is 5.28. The molecule has 2 aromatic rings. The van der Waals surface area contributed by atoms with Gasteiger partial charge in [-0.2, -0.15) is 0 Å². The number of hydrogen-bond acceptors (Lipinski definition) is 2. The molecule has 1 heterocycles. The Balaban J connectivity index is 2.71. The van der Waals surface area contributed by atoms with Gasteiger partial charge in [-0.05, 0) is 24.1 Å². The molecule has 1 aromatic carbocycles. The Bertz CT molecular complexity index is 582. The van der Waals surface area contributed by atoms with Crippen molar-refractivity contribution in [3.8, 4) is 11.3 Å². The average molecular weight is 302 g/mol. The van der Waals surface area contributed by atoms with Crippen LogP contribution in [0.4, 0.5) is 0 Å². The Morgan fingerprint density at radius 3 is 2.44 bits per heavy atom. The minimum absolute atomic E-state index is 0.198. The summed E-state index contributed by atoms with van der Waals surface area (Å²) in [4.78, 5) is 8.31. The molecule has 0 aliphatic heterocycles. The average Bonchev–Trinajstić information content (AvgIpc) is 2.31. The lowest BCUT2D eigenvalue weighted by Gasteiger charge is -2.14. The minimum Gasteiger partial charge on any atom is -0.236 e. The molecule has 0 bridgehead atoms. The molecule has 18 heavy (non-hydrogen) atoms. The van der Waals surface area contributed by atoms with Crippen LogP contribution in [0.5, 0.6) is 0 Å². The number of benzene rings is 1. The molecule has 0 aliphatic carbocycles. The fraction of sp³-hybridized carbons (Fsp3) is 0.231. The van der Waals surface area contributed by atoms with Gasteiger partial charge in [-0.1, -0.05) is 48.7 Å². The highest BCUT2D eigenvalue weighted by Gasteiger charge is 2.17. The molecule has 0 N–H and O–H groups in total. The van der Waals surface area contributed by atoms with Crippen LogP contribution in [0.3, 0.4) is 0 Å². The van der Waals surface area contributed by atoms with Crippen LogP contribution in [0.2, 0.25) is 15.2 Å². The van der Waals surface area contributed by atoms with E-state index < -0.39 is 0 Å². The van der Waals surface area contributed by atoms with Gasteiger partial charge in [-0.15, -0.1) is 0 Å². The van der Waals surface area contributed by atoms with Crippen LogP contribution in [-0.2, 0) is 0 Å². The molecule has 0 amide bonds. The van der Waals surface area contributed by atoms with Gasteiger partial charge in [0.2, 0.25) is 0 Å². The van der Waals surface area contributed by atoms with E-state index >= 15 is 0 Å². The van der Waals surface area contributed by atoms with E-state index in [0.29, 0.717) is 15.2 Å². The van der Waals surface area contributed by atoms with E-state index in [1.54, 1.807) is 18.2 Å². The summed E-state index contributed by atoms with van der Waals surface area (Å²) in [5, 5.41) is 1.65. The van der Waals surface area contributed by atoms with Gasteiger partial charge in [0.1, 0.15) is 11.5 Å². The quantitative estimate of drug-likeness (QED) is 0.710. The lowest BCUT2D eigenvalue weighted by molar-refractivity contribution is 0.850. The summed E-state index contributed by atoms with van der Waals surface area (Å²) >= 11 is 18.3. The third kappa shape index (κ3) is 2.61. The van der Waals surface area contributed by atoms with Gasteiger partial charge in [0.15, 0.2) is 0 Å². The number of aromatic nitrogens is 2. The van der Waals surface area contributed by atoms with Gasteiger partial charge >= 0.3 is 0 Å². The lowest BCUT2D eigenvalue weighted by Crippen LogP contribution is -1.99. The van der Waals surface area contributed by atoms with Crippen molar-refractivity contribution >= 4 is 34.8 Å². The predicted molar refractivity (Wildman–Crippen MR) is 76.6 cm³/mol. The first-order valence-electron chi connectivity index (χ1n) is 5.46. The molecule has 0 radical (unpaired) electrons. The molecule has 0 saturated heterocycles. The van der Waals surface area contributed by atoms with Gasteiger partial charge in [-0.3, -0.25) is 0 Å². The SMILES string of the molecule is CC(C)c1c(Cl)ncnc1-c1cc(Cl)ccc1Cl. The van der Waals surface area contributed by atoms with Crippen molar-refractivity contribution in [2.75, 3.05) is 0 Å².